The Morgan fingerprint density at radius 3 is 2.64 bits per heavy atom. The first-order chi connectivity index (χ1) is 12.1. The number of urea groups is 1. The van der Waals surface area contributed by atoms with Crippen LogP contribution in [0.15, 0.2) is 42.5 Å². The molecule has 0 aromatic heterocycles. The first-order valence-electron chi connectivity index (χ1n) is 8.21. The van der Waals surface area contributed by atoms with Gasteiger partial charge in [-0.1, -0.05) is 36.4 Å². The van der Waals surface area contributed by atoms with Gasteiger partial charge in [-0.15, -0.1) is 0 Å². The molecule has 3 aliphatic rings. The fourth-order valence-electron chi connectivity index (χ4n) is 4.50. The molecule has 126 valence electrons. The summed E-state index contributed by atoms with van der Waals surface area (Å²) in [4.78, 5) is 41.5. The molecule has 1 N–H and O–H groups in total. The number of piperazine rings is 1. The van der Waals surface area contributed by atoms with Crippen LogP contribution in [0.25, 0.3) is 10.8 Å². The minimum Gasteiger partial charge on any atom is -0.465 e. The number of carboxylic acid groups (broad SMARTS) is 1. The molecule has 0 aliphatic carbocycles. The summed E-state index contributed by atoms with van der Waals surface area (Å²) in [6.07, 6.45) is -0.492. The van der Waals surface area contributed by atoms with Gasteiger partial charge in [0.05, 0.1) is 17.8 Å². The highest BCUT2D eigenvalue weighted by molar-refractivity contribution is 6.25. The summed E-state index contributed by atoms with van der Waals surface area (Å²) in [5.41, 5.74) is 0.559. The van der Waals surface area contributed by atoms with Gasteiger partial charge in [0.1, 0.15) is 6.04 Å². The number of hydrogen-bond donors (Lipinski definition) is 1. The van der Waals surface area contributed by atoms with Crippen LogP contribution in [0.3, 0.4) is 0 Å². The minimum absolute atomic E-state index is 0.220. The van der Waals surface area contributed by atoms with Crippen molar-refractivity contribution < 1.29 is 19.5 Å². The number of hydrogen-bond acceptors (Lipinski definition) is 3. The lowest BCUT2D eigenvalue weighted by molar-refractivity contribution is -0.121. The van der Waals surface area contributed by atoms with E-state index in [4.69, 9.17) is 0 Å². The van der Waals surface area contributed by atoms with Gasteiger partial charge in [-0.3, -0.25) is 4.79 Å². The van der Waals surface area contributed by atoms with Crippen molar-refractivity contribution in [1.82, 2.24) is 9.80 Å². The Kier molecular flexibility index (Phi) is 2.69. The molecule has 4 amide bonds. The van der Waals surface area contributed by atoms with Crippen molar-refractivity contribution in [1.29, 1.82) is 0 Å². The van der Waals surface area contributed by atoms with Crippen LogP contribution < -0.4 is 4.90 Å². The van der Waals surface area contributed by atoms with E-state index in [9.17, 15) is 19.5 Å². The molecular formula is C18H15N3O4. The minimum atomic E-state index is -1.03. The third-order valence-electron chi connectivity index (χ3n) is 5.52. The zero-order chi connectivity index (χ0) is 17.3. The van der Waals surface area contributed by atoms with E-state index in [1.54, 1.807) is 11.0 Å². The first kappa shape index (κ1) is 14.3. The van der Waals surface area contributed by atoms with Gasteiger partial charge < -0.3 is 14.9 Å². The van der Waals surface area contributed by atoms with Gasteiger partial charge in [0, 0.05) is 11.9 Å². The maximum atomic E-state index is 13.0. The van der Waals surface area contributed by atoms with Gasteiger partial charge in [-0.05, 0) is 17.9 Å². The van der Waals surface area contributed by atoms with E-state index in [2.05, 4.69) is 0 Å². The van der Waals surface area contributed by atoms with Crippen molar-refractivity contribution in [2.24, 2.45) is 0 Å². The third kappa shape index (κ3) is 1.72. The number of fused-ring (bicyclic) bond motifs is 6. The normalized spacial score (nSPS) is 27.5. The number of benzene rings is 2. The average Bonchev–Trinajstić information content (AvgIpc) is 3.26. The SMILES string of the molecule is O=C1C2C3CC(CN3C(=O)O)N2C(=O)N1c1cccc2ccccc12. The predicted molar refractivity (Wildman–Crippen MR) is 89.4 cm³/mol. The number of nitrogens with zero attached hydrogens (tertiary/aromatic N) is 3. The smallest absolute Gasteiger partial charge is 0.407 e. The Morgan fingerprint density at radius 1 is 1.08 bits per heavy atom. The summed E-state index contributed by atoms with van der Waals surface area (Å²) in [7, 11) is 0. The molecule has 3 saturated heterocycles. The summed E-state index contributed by atoms with van der Waals surface area (Å²) in [6.45, 7) is 0.277. The molecule has 0 saturated carbocycles. The van der Waals surface area contributed by atoms with Crippen molar-refractivity contribution in [2.75, 3.05) is 11.4 Å². The largest absolute Gasteiger partial charge is 0.465 e. The molecule has 7 heteroatoms. The van der Waals surface area contributed by atoms with Crippen LogP contribution in [-0.2, 0) is 4.79 Å². The summed E-state index contributed by atoms with van der Waals surface area (Å²) in [6, 6.07) is 11.4. The van der Waals surface area contributed by atoms with E-state index in [-0.39, 0.29) is 24.5 Å². The van der Waals surface area contributed by atoms with E-state index >= 15 is 0 Å². The number of likely N-dealkylation sites (tertiary alicyclic amines) is 1. The lowest BCUT2D eigenvalue weighted by Crippen LogP contribution is -2.54. The van der Waals surface area contributed by atoms with Crippen molar-refractivity contribution in [3.05, 3.63) is 42.5 Å². The lowest BCUT2D eigenvalue weighted by atomic mass is 10.1. The van der Waals surface area contributed by atoms with Crippen molar-refractivity contribution >= 4 is 34.5 Å². The molecule has 3 heterocycles. The quantitative estimate of drug-likeness (QED) is 0.808. The van der Waals surface area contributed by atoms with Crippen LogP contribution in [-0.4, -0.2) is 57.6 Å². The number of anilines is 1. The topological polar surface area (TPSA) is 81.2 Å². The predicted octanol–water partition coefficient (Wildman–Crippen LogP) is 2.11. The van der Waals surface area contributed by atoms with Gasteiger partial charge in [-0.25, -0.2) is 14.5 Å². The van der Waals surface area contributed by atoms with E-state index in [1.807, 2.05) is 36.4 Å². The monoisotopic (exact) mass is 337 g/mol. The number of imide groups is 1. The number of rotatable bonds is 1. The van der Waals surface area contributed by atoms with Crippen LogP contribution in [0.5, 0.6) is 0 Å². The molecule has 5 rings (SSSR count). The Hall–Kier alpha value is -3.09. The first-order valence-corrected chi connectivity index (χ1v) is 8.21. The molecule has 3 fully saturated rings. The highest BCUT2D eigenvalue weighted by atomic mass is 16.4. The van der Waals surface area contributed by atoms with Gasteiger partial charge in [0.15, 0.2) is 0 Å². The van der Waals surface area contributed by atoms with Crippen molar-refractivity contribution in [3.63, 3.8) is 0 Å². The number of carbonyl (C=O) groups is 3. The maximum Gasteiger partial charge on any atom is 0.407 e. The Balaban J connectivity index is 1.60. The Bertz CT molecular complexity index is 938. The maximum absolute atomic E-state index is 13.0. The van der Waals surface area contributed by atoms with Crippen molar-refractivity contribution in [3.8, 4) is 0 Å². The Labute approximate surface area is 143 Å². The zero-order valence-electron chi connectivity index (χ0n) is 13.2. The third-order valence-corrected chi connectivity index (χ3v) is 5.52. The molecular weight excluding hydrogens is 322 g/mol. The van der Waals surface area contributed by atoms with E-state index in [1.165, 1.54) is 9.80 Å². The van der Waals surface area contributed by atoms with Crippen LogP contribution in [0.1, 0.15) is 6.42 Å². The molecule has 2 aromatic rings. The molecule has 2 bridgehead atoms. The van der Waals surface area contributed by atoms with Crippen molar-refractivity contribution in [2.45, 2.75) is 24.5 Å². The highest BCUT2D eigenvalue weighted by Crippen LogP contribution is 2.43. The summed E-state index contributed by atoms with van der Waals surface area (Å²) >= 11 is 0. The van der Waals surface area contributed by atoms with E-state index < -0.39 is 18.2 Å². The summed E-state index contributed by atoms with van der Waals surface area (Å²) in [5.74, 6) is -0.334. The standard InChI is InChI=1S/C18H15N3O4/c22-16-15-14-8-11(9-19(14)18(24)25)20(15)17(23)21(16)13-7-3-5-10-4-1-2-6-12(10)13/h1-7,11,14-15H,8-9H2,(H,24,25). The summed E-state index contributed by atoms with van der Waals surface area (Å²) in [5, 5.41) is 11.1. The van der Waals surface area contributed by atoms with Gasteiger partial charge in [-0.2, -0.15) is 0 Å². The lowest BCUT2D eigenvalue weighted by Gasteiger charge is -2.32. The molecule has 2 aromatic carbocycles. The summed E-state index contributed by atoms with van der Waals surface area (Å²) < 4.78 is 0. The Morgan fingerprint density at radius 2 is 1.84 bits per heavy atom. The zero-order valence-corrected chi connectivity index (χ0v) is 13.2. The van der Waals surface area contributed by atoms with Crippen LogP contribution in [0, 0.1) is 0 Å². The van der Waals surface area contributed by atoms with Crippen LogP contribution >= 0.6 is 0 Å². The van der Waals surface area contributed by atoms with E-state index in [0.29, 0.717) is 12.1 Å². The number of carbonyl (C=O) groups excluding carboxylic acids is 2. The second-order valence-electron chi connectivity index (χ2n) is 6.70. The molecule has 3 atom stereocenters. The molecule has 3 unspecified atom stereocenters. The fraction of sp³-hybridized carbons (Fsp3) is 0.278. The van der Waals surface area contributed by atoms with Crippen LogP contribution in [0.4, 0.5) is 15.3 Å². The number of amides is 4. The fourth-order valence-corrected chi connectivity index (χ4v) is 4.50. The molecule has 0 radical (unpaired) electrons. The van der Waals surface area contributed by atoms with Gasteiger partial charge in [0.25, 0.3) is 5.91 Å². The molecule has 25 heavy (non-hydrogen) atoms. The van der Waals surface area contributed by atoms with Gasteiger partial charge in [0.2, 0.25) is 0 Å². The van der Waals surface area contributed by atoms with Gasteiger partial charge >= 0.3 is 12.1 Å². The molecule has 3 aliphatic heterocycles. The molecule has 0 spiro atoms. The average molecular weight is 337 g/mol. The second-order valence-corrected chi connectivity index (χ2v) is 6.70. The highest BCUT2D eigenvalue weighted by Gasteiger charge is 2.63. The van der Waals surface area contributed by atoms with E-state index in [0.717, 1.165) is 10.8 Å². The van der Waals surface area contributed by atoms with Crippen LogP contribution in [0.2, 0.25) is 0 Å². The molecule has 7 nitrogen and oxygen atoms in total. The second kappa shape index (κ2) is 4.72.